The van der Waals surface area contributed by atoms with Crippen LogP contribution in [0.5, 0.6) is 0 Å². The number of hydrogen-bond donors (Lipinski definition) is 2. The number of nitrogens with zero attached hydrogens (tertiary/aromatic N) is 4. The highest BCUT2D eigenvalue weighted by Gasteiger charge is 2.17. The minimum atomic E-state index is -0.0457. The summed E-state index contributed by atoms with van der Waals surface area (Å²) in [5.74, 6) is 1.23. The Kier molecular flexibility index (Phi) is 5.65. The molecule has 6 nitrogen and oxygen atoms in total. The predicted molar refractivity (Wildman–Crippen MR) is 105 cm³/mol. The lowest BCUT2D eigenvalue weighted by Gasteiger charge is -2.24. The maximum atomic E-state index is 6.07. The molecule has 0 saturated heterocycles. The maximum absolute atomic E-state index is 6.07. The van der Waals surface area contributed by atoms with E-state index in [1.54, 1.807) is 0 Å². The van der Waals surface area contributed by atoms with Crippen LogP contribution in [0, 0.1) is 0 Å². The van der Waals surface area contributed by atoms with E-state index in [2.05, 4.69) is 25.2 Å². The summed E-state index contributed by atoms with van der Waals surface area (Å²) in [4.78, 5) is 15.1. The van der Waals surface area contributed by atoms with Crippen LogP contribution in [0.15, 0.2) is 54.6 Å². The molecule has 0 bridgehead atoms. The van der Waals surface area contributed by atoms with E-state index in [4.69, 9.17) is 17.3 Å². The molecule has 7 heteroatoms. The Morgan fingerprint density at radius 3 is 2.58 bits per heavy atom. The Labute approximate surface area is 158 Å². The highest BCUT2D eigenvalue weighted by Crippen LogP contribution is 2.21. The lowest BCUT2D eigenvalue weighted by Crippen LogP contribution is -2.24. The van der Waals surface area contributed by atoms with E-state index < -0.39 is 0 Å². The van der Waals surface area contributed by atoms with Gasteiger partial charge in [0.2, 0.25) is 11.9 Å². The quantitative estimate of drug-likeness (QED) is 0.683. The molecule has 0 fully saturated rings. The number of hydrogen-bond acceptors (Lipinski definition) is 6. The number of rotatable bonds is 6. The topological polar surface area (TPSA) is 80.0 Å². The molecule has 1 heterocycles. The molecule has 134 valence electrons. The van der Waals surface area contributed by atoms with Crippen molar-refractivity contribution in [2.45, 2.75) is 19.5 Å². The molecule has 0 spiro atoms. The minimum absolute atomic E-state index is 0.0457. The molecule has 1 unspecified atom stereocenters. The number of nitrogens with two attached hydrogens (primary N) is 1. The van der Waals surface area contributed by atoms with Gasteiger partial charge in [-0.3, -0.25) is 4.90 Å². The Bertz CT molecular complexity index is 871. The second-order valence-electron chi connectivity index (χ2n) is 6.09. The summed E-state index contributed by atoms with van der Waals surface area (Å²) in [5.41, 5.74) is 7.90. The fraction of sp³-hybridized carbons (Fsp3) is 0.211. The molecular weight excluding hydrogens is 348 g/mol. The number of para-hydroxylation sites is 1. The van der Waals surface area contributed by atoms with Crippen LogP contribution in [0.25, 0.3) is 0 Å². The molecule has 0 saturated carbocycles. The van der Waals surface area contributed by atoms with Crippen molar-refractivity contribution in [3.8, 4) is 0 Å². The van der Waals surface area contributed by atoms with Gasteiger partial charge in [0.15, 0.2) is 5.82 Å². The van der Waals surface area contributed by atoms with Crippen LogP contribution in [-0.4, -0.2) is 26.9 Å². The van der Waals surface area contributed by atoms with E-state index in [9.17, 15) is 0 Å². The van der Waals surface area contributed by atoms with Crippen molar-refractivity contribution in [1.29, 1.82) is 0 Å². The summed E-state index contributed by atoms with van der Waals surface area (Å²) in [6.45, 7) is 2.75. The highest BCUT2D eigenvalue weighted by molar-refractivity contribution is 6.30. The second kappa shape index (κ2) is 8.12. The normalized spacial score (nSPS) is 12.2. The third kappa shape index (κ3) is 4.68. The molecule has 3 N–H and O–H groups in total. The molecule has 1 aromatic heterocycles. The van der Waals surface area contributed by atoms with E-state index in [0.717, 1.165) is 22.8 Å². The third-order valence-electron chi connectivity index (χ3n) is 4.06. The monoisotopic (exact) mass is 368 g/mol. The zero-order valence-corrected chi connectivity index (χ0v) is 15.5. The number of halogens is 1. The van der Waals surface area contributed by atoms with Gasteiger partial charge < -0.3 is 11.1 Å². The molecule has 3 rings (SSSR count). The van der Waals surface area contributed by atoms with Crippen LogP contribution < -0.4 is 11.1 Å². The number of nitrogen functional groups attached to an aromatic ring is 1. The van der Waals surface area contributed by atoms with E-state index in [0.29, 0.717) is 11.8 Å². The molecule has 2 aromatic carbocycles. The van der Waals surface area contributed by atoms with Gasteiger partial charge in [-0.05, 0) is 43.8 Å². The number of nitrogens with one attached hydrogen (secondary N) is 1. The number of aromatic nitrogens is 3. The van der Waals surface area contributed by atoms with Gasteiger partial charge in [0.05, 0.1) is 6.04 Å². The first kappa shape index (κ1) is 18.1. The largest absolute Gasteiger partial charge is 0.368 e. The van der Waals surface area contributed by atoms with Crippen molar-refractivity contribution < 1.29 is 0 Å². The third-order valence-corrected chi connectivity index (χ3v) is 4.29. The molecule has 0 aliphatic rings. The van der Waals surface area contributed by atoms with Gasteiger partial charge >= 0.3 is 0 Å². The second-order valence-corrected chi connectivity index (χ2v) is 6.52. The SMILES string of the molecule is CC(c1nc(N)nc(Nc2ccccc2)n1)N(C)Cc1cccc(Cl)c1. The Morgan fingerprint density at radius 2 is 1.85 bits per heavy atom. The lowest BCUT2D eigenvalue weighted by atomic mass is 10.2. The Morgan fingerprint density at radius 1 is 1.08 bits per heavy atom. The predicted octanol–water partition coefficient (Wildman–Crippen LogP) is 4.04. The van der Waals surface area contributed by atoms with E-state index in [-0.39, 0.29) is 12.0 Å². The molecule has 3 aromatic rings. The van der Waals surface area contributed by atoms with Gasteiger partial charge in [-0.15, -0.1) is 0 Å². The fourth-order valence-electron chi connectivity index (χ4n) is 2.56. The van der Waals surface area contributed by atoms with Gasteiger partial charge in [-0.1, -0.05) is 41.9 Å². The summed E-state index contributed by atoms with van der Waals surface area (Å²) in [5, 5.41) is 3.88. The molecule has 26 heavy (non-hydrogen) atoms. The maximum Gasteiger partial charge on any atom is 0.232 e. The van der Waals surface area contributed by atoms with Crippen LogP contribution >= 0.6 is 11.6 Å². The molecule has 0 radical (unpaired) electrons. The lowest BCUT2D eigenvalue weighted by molar-refractivity contribution is 0.244. The molecule has 1 atom stereocenters. The van der Waals surface area contributed by atoms with Gasteiger partial charge in [0, 0.05) is 17.3 Å². The van der Waals surface area contributed by atoms with E-state index >= 15 is 0 Å². The van der Waals surface area contributed by atoms with Gasteiger partial charge in [-0.2, -0.15) is 15.0 Å². The summed E-state index contributed by atoms with van der Waals surface area (Å²) >= 11 is 6.07. The van der Waals surface area contributed by atoms with E-state index in [1.165, 1.54) is 0 Å². The highest BCUT2D eigenvalue weighted by atomic mass is 35.5. The van der Waals surface area contributed by atoms with Crippen LogP contribution in [0.1, 0.15) is 24.4 Å². The first-order valence-electron chi connectivity index (χ1n) is 8.29. The number of anilines is 3. The summed E-state index contributed by atoms with van der Waals surface area (Å²) in [7, 11) is 2.01. The molecule has 0 aliphatic carbocycles. The first-order chi connectivity index (χ1) is 12.5. The van der Waals surface area contributed by atoms with Crippen LogP contribution in [0.4, 0.5) is 17.6 Å². The first-order valence-corrected chi connectivity index (χ1v) is 8.67. The zero-order valence-electron chi connectivity index (χ0n) is 14.7. The van der Waals surface area contributed by atoms with Crippen molar-refractivity contribution in [2.75, 3.05) is 18.1 Å². The fourth-order valence-corrected chi connectivity index (χ4v) is 2.77. The van der Waals surface area contributed by atoms with Gasteiger partial charge in [-0.25, -0.2) is 0 Å². The smallest absolute Gasteiger partial charge is 0.232 e. The molecular formula is C19H21ClN6. The average Bonchev–Trinajstić information content (AvgIpc) is 2.61. The van der Waals surface area contributed by atoms with Crippen molar-refractivity contribution in [2.24, 2.45) is 0 Å². The number of benzene rings is 2. The summed E-state index contributed by atoms with van der Waals surface area (Å²) in [6.07, 6.45) is 0. The van der Waals surface area contributed by atoms with E-state index in [1.807, 2.05) is 68.6 Å². The molecule has 0 aliphatic heterocycles. The van der Waals surface area contributed by atoms with Crippen LogP contribution in [0.3, 0.4) is 0 Å². The zero-order chi connectivity index (χ0) is 18.5. The summed E-state index contributed by atoms with van der Waals surface area (Å²) < 4.78 is 0. The summed E-state index contributed by atoms with van der Waals surface area (Å²) in [6, 6.07) is 17.5. The standard InChI is InChI=1S/C19H21ClN6/c1-13(26(2)12-14-7-6-8-15(20)11-14)17-23-18(21)25-19(24-17)22-16-9-4-3-5-10-16/h3-11,13H,12H2,1-2H3,(H3,21,22,23,24,25). The van der Waals surface area contributed by atoms with Crippen molar-refractivity contribution in [3.63, 3.8) is 0 Å². The van der Waals surface area contributed by atoms with Gasteiger partial charge in [0.25, 0.3) is 0 Å². The van der Waals surface area contributed by atoms with Crippen LogP contribution in [0.2, 0.25) is 5.02 Å². The van der Waals surface area contributed by atoms with Gasteiger partial charge in [0.1, 0.15) is 0 Å². The van der Waals surface area contributed by atoms with Crippen LogP contribution in [-0.2, 0) is 6.54 Å². The molecule has 0 amide bonds. The minimum Gasteiger partial charge on any atom is -0.368 e. The Hall–Kier alpha value is -2.70. The van der Waals surface area contributed by atoms with Crippen molar-refractivity contribution in [3.05, 3.63) is 71.0 Å². The van der Waals surface area contributed by atoms with Crippen molar-refractivity contribution in [1.82, 2.24) is 19.9 Å². The average molecular weight is 369 g/mol. The van der Waals surface area contributed by atoms with Crippen molar-refractivity contribution >= 4 is 29.2 Å². The Balaban J connectivity index is 1.77.